The molecule has 0 spiro atoms. The highest BCUT2D eigenvalue weighted by molar-refractivity contribution is 5.87. The molecule has 116 valence electrons. The van der Waals surface area contributed by atoms with Gasteiger partial charge in [-0.3, -0.25) is 0 Å². The van der Waals surface area contributed by atoms with Crippen LogP contribution in [0.3, 0.4) is 0 Å². The minimum Gasteiger partial charge on any atom is -0.455 e. The Labute approximate surface area is 116 Å². The average Bonchev–Trinajstić information content (AvgIpc) is 2.34. The number of aliphatic hydroxyl groups is 1. The third-order valence-electron chi connectivity index (χ3n) is 3.79. The Morgan fingerprint density at radius 2 is 1.80 bits per heavy atom. The largest absolute Gasteiger partial charge is 0.455 e. The van der Waals surface area contributed by atoms with Crippen LogP contribution in [0.15, 0.2) is 12.2 Å². The molecule has 1 rings (SSSR count). The van der Waals surface area contributed by atoms with Crippen LogP contribution in [0.25, 0.3) is 0 Å². The fourth-order valence-electron chi connectivity index (χ4n) is 2.48. The predicted octanol–water partition coefficient (Wildman–Crippen LogP) is 3.37. The van der Waals surface area contributed by atoms with E-state index in [-0.39, 0.29) is 5.57 Å². The van der Waals surface area contributed by atoms with Gasteiger partial charge in [-0.25, -0.2) is 4.79 Å². The zero-order valence-electron chi connectivity index (χ0n) is 11.8. The summed E-state index contributed by atoms with van der Waals surface area (Å²) in [6.07, 6.45) is -2.91. The summed E-state index contributed by atoms with van der Waals surface area (Å²) in [5, 5.41) is 9.86. The van der Waals surface area contributed by atoms with E-state index in [9.17, 15) is 23.1 Å². The van der Waals surface area contributed by atoms with Crippen molar-refractivity contribution >= 4 is 5.97 Å². The quantitative estimate of drug-likeness (QED) is 0.639. The molecule has 0 aliphatic heterocycles. The van der Waals surface area contributed by atoms with E-state index in [4.69, 9.17) is 4.74 Å². The topological polar surface area (TPSA) is 46.5 Å². The van der Waals surface area contributed by atoms with E-state index in [1.54, 1.807) is 0 Å². The van der Waals surface area contributed by atoms with Gasteiger partial charge in [0.25, 0.3) is 0 Å². The van der Waals surface area contributed by atoms with E-state index < -0.39 is 29.8 Å². The van der Waals surface area contributed by atoms with E-state index in [0.717, 1.165) is 19.3 Å². The summed E-state index contributed by atoms with van der Waals surface area (Å²) in [6, 6.07) is 0. The van der Waals surface area contributed by atoms with Crippen LogP contribution < -0.4 is 0 Å². The van der Waals surface area contributed by atoms with Crippen molar-refractivity contribution in [1.82, 2.24) is 0 Å². The summed E-state index contributed by atoms with van der Waals surface area (Å²) in [7, 11) is 0. The van der Waals surface area contributed by atoms with E-state index >= 15 is 0 Å². The van der Waals surface area contributed by atoms with Crippen molar-refractivity contribution in [3.05, 3.63) is 12.2 Å². The maximum Gasteiger partial charge on any atom is 0.420 e. The molecule has 0 amide bonds. The third-order valence-corrected chi connectivity index (χ3v) is 3.79. The number of hydrogen-bond donors (Lipinski definition) is 1. The monoisotopic (exact) mass is 294 g/mol. The summed E-state index contributed by atoms with van der Waals surface area (Å²) in [5.41, 5.74) is -3.04. The van der Waals surface area contributed by atoms with Crippen LogP contribution >= 0.6 is 0 Å². The Bertz CT molecular complexity index is 368. The molecule has 0 aromatic carbocycles. The molecular weight excluding hydrogens is 273 g/mol. The lowest BCUT2D eigenvalue weighted by Gasteiger charge is -2.39. The minimum absolute atomic E-state index is 0.0174. The first-order valence-electron chi connectivity index (χ1n) is 6.73. The molecule has 0 aromatic heterocycles. The van der Waals surface area contributed by atoms with Gasteiger partial charge < -0.3 is 9.84 Å². The van der Waals surface area contributed by atoms with E-state index in [0.29, 0.717) is 19.8 Å². The maximum absolute atomic E-state index is 13.0. The fraction of sp³-hybridized carbons (Fsp3) is 0.786. The van der Waals surface area contributed by atoms with Gasteiger partial charge in [0.15, 0.2) is 5.60 Å². The van der Waals surface area contributed by atoms with Crippen molar-refractivity contribution in [2.24, 2.45) is 5.92 Å². The van der Waals surface area contributed by atoms with Gasteiger partial charge in [0, 0.05) is 5.57 Å². The molecule has 1 N–H and O–H groups in total. The van der Waals surface area contributed by atoms with Crippen molar-refractivity contribution in [2.75, 3.05) is 0 Å². The normalized spacial score (nSPS) is 21.9. The lowest BCUT2D eigenvalue weighted by Crippen LogP contribution is -2.56. The second-order valence-corrected chi connectivity index (χ2v) is 5.65. The average molecular weight is 294 g/mol. The molecule has 0 saturated heterocycles. The summed E-state index contributed by atoms with van der Waals surface area (Å²) in [6.45, 7) is 5.39. The minimum atomic E-state index is -4.86. The SMILES string of the molecule is C=C(C)C(=O)OC(C1CCCCC1)C(C)(O)C(F)(F)F. The molecule has 20 heavy (non-hydrogen) atoms. The lowest BCUT2D eigenvalue weighted by atomic mass is 9.78. The van der Waals surface area contributed by atoms with Gasteiger partial charge in [-0.05, 0) is 32.6 Å². The highest BCUT2D eigenvalue weighted by atomic mass is 19.4. The summed E-state index contributed by atoms with van der Waals surface area (Å²) < 4.78 is 44.0. The van der Waals surface area contributed by atoms with Crippen LogP contribution in [0.1, 0.15) is 46.0 Å². The Kier molecular flexibility index (Phi) is 5.24. The Morgan fingerprint density at radius 3 is 2.20 bits per heavy atom. The number of esters is 1. The third kappa shape index (κ3) is 3.75. The second kappa shape index (κ2) is 6.16. The van der Waals surface area contributed by atoms with E-state index in [2.05, 4.69) is 6.58 Å². The molecule has 0 radical (unpaired) electrons. The predicted molar refractivity (Wildman–Crippen MR) is 67.9 cm³/mol. The van der Waals surface area contributed by atoms with Crippen LogP contribution in [0.5, 0.6) is 0 Å². The molecule has 1 aliphatic carbocycles. The lowest BCUT2D eigenvalue weighted by molar-refractivity contribution is -0.292. The Morgan fingerprint density at radius 1 is 1.30 bits per heavy atom. The number of hydrogen-bond acceptors (Lipinski definition) is 3. The smallest absolute Gasteiger partial charge is 0.420 e. The first kappa shape index (κ1) is 17.0. The van der Waals surface area contributed by atoms with Crippen LogP contribution in [0.4, 0.5) is 13.2 Å². The molecule has 2 unspecified atom stereocenters. The molecule has 0 bridgehead atoms. The van der Waals surface area contributed by atoms with Gasteiger partial charge in [-0.1, -0.05) is 25.8 Å². The van der Waals surface area contributed by atoms with Crippen LogP contribution in [0, 0.1) is 5.92 Å². The van der Waals surface area contributed by atoms with Crippen molar-refractivity contribution < 1.29 is 27.8 Å². The first-order valence-corrected chi connectivity index (χ1v) is 6.73. The maximum atomic E-state index is 13.0. The van der Waals surface area contributed by atoms with Crippen LogP contribution in [0.2, 0.25) is 0 Å². The van der Waals surface area contributed by atoms with E-state index in [1.807, 2.05) is 0 Å². The van der Waals surface area contributed by atoms with Gasteiger partial charge in [-0.2, -0.15) is 13.2 Å². The highest BCUT2D eigenvalue weighted by Crippen LogP contribution is 2.41. The van der Waals surface area contributed by atoms with Gasteiger partial charge in [0.1, 0.15) is 6.10 Å². The summed E-state index contributed by atoms with van der Waals surface area (Å²) in [4.78, 5) is 11.6. The van der Waals surface area contributed by atoms with Crippen molar-refractivity contribution in [1.29, 1.82) is 0 Å². The fourth-order valence-corrected chi connectivity index (χ4v) is 2.48. The molecule has 1 aliphatic rings. The molecule has 2 atom stereocenters. The first-order chi connectivity index (χ1) is 9.07. The van der Waals surface area contributed by atoms with E-state index in [1.165, 1.54) is 6.92 Å². The summed E-state index contributed by atoms with van der Waals surface area (Å²) in [5.74, 6) is -1.38. The number of carbonyl (C=O) groups excluding carboxylic acids is 1. The molecule has 1 fully saturated rings. The van der Waals surface area contributed by atoms with Gasteiger partial charge in [-0.15, -0.1) is 0 Å². The molecule has 6 heteroatoms. The zero-order chi connectivity index (χ0) is 15.6. The van der Waals surface area contributed by atoms with Crippen molar-refractivity contribution in [2.45, 2.75) is 63.8 Å². The highest BCUT2D eigenvalue weighted by Gasteiger charge is 2.58. The number of ether oxygens (including phenoxy) is 1. The van der Waals surface area contributed by atoms with Crippen LogP contribution in [-0.4, -0.2) is 29.0 Å². The molecule has 3 nitrogen and oxygen atoms in total. The Hall–Kier alpha value is -1.04. The number of alkyl halides is 3. The van der Waals surface area contributed by atoms with Crippen molar-refractivity contribution in [3.63, 3.8) is 0 Å². The number of rotatable bonds is 4. The number of carbonyl (C=O) groups is 1. The number of halogens is 3. The van der Waals surface area contributed by atoms with Crippen LogP contribution in [-0.2, 0) is 9.53 Å². The Balaban J connectivity index is 3.00. The zero-order valence-corrected chi connectivity index (χ0v) is 11.8. The summed E-state index contributed by atoms with van der Waals surface area (Å²) >= 11 is 0. The molecule has 1 saturated carbocycles. The molecule has 0 heterocycles. The molecular formula is C14H21F3O3. The van der Waals surface area contributed by atoms with Gasteiger partial charge in [0.05, 0.1) is 0 Å². The van der Waals surface area contributed by atoms with Crippen molar-refractivity contribution in [3.8, 4) is 0 Å². The standard InChI is InChI=1S/C14H21F3O3/c1-9(2)12(18)20-11(10-7-5-4-6-8-10)13(3,19)14(15,16)17/h10-11,19H,1,4-8H2,2-3H3. The second-order valence-electron chi connectivity index (χ2n) is 5.65. The van der Waals surface area contributed by atoms with Gasteiger partial charge >= 0.3 is 12.1 Å². The molecule has 0 aromatic rings. The van der Waals surface area contributed by atoms with Gasteiger partial charge in [0.2, 0.25) is 0 Å².